The van der Waals surface area contributed by atoms with E-state index in [1.54, 1.807) is 0 Å². The Kier molecular flexibility index (Phi) is 47.1. The molecule has 0 aromatic rings. The zero-order valence-electron chi connectivity index (χ0n) is 43.4. The van der Waals surface area contributed by atoms with Gasteiger partial charge >= 0.3 is 17.9 Å². The second-order valence-corrected chi connectivity index (χ2v) is 20.5. The predicted molar refractivity (Wildman–Crippen MR) is 270 cm³/mol. The molecular weight excluding hydrogens is 781 g/mol. The summed E-state index contributed by atoms with van der Waals surface area (Å²) in [4.78, 5) is 38.0. The zero-order valence-corrected chi connectivity index (χ0v) is 43.4. The van der Waals surface area contributed by atoms with Crippen molar-refractivity contribution in [3.63, 3.8) is 0 Å². The third-order valence-electron chi connectivity index (χ3n) is 13.6. The van der Waals surface area contributed by atoms with Crippen LogP contribution in [0.3, 0.4) is 0 Å². The Morgan fingerprint density at radius 1 is 0.317 bits per heavy atom. The van der Waals surface area contributed by atoms with Crippen molar-refractivity contribution in [3.05, 3.63) is 0 Å². The van der Waals surface area contributed by atoms with E-state index in [0.29, 0.717) is 19.3 Å². The summed E-state index contributed by atoms with van der Waals surface area (Å²) in [6.07, 6.45) is 49.6. The van der Waals surface area contributed by atoms with Crippen molar-refractivity contribution in [3.8, 4) is 0 Å². The second kappa shape index (κ2) is 48.3. The largest absolute Gasteiger partial charge is 0.462 e. The molecular formula is C57H110O6. The first-order chi connectivity index (χ1) is 30.7. The smallest absolute Gasteiger partial charge is 0.306 e. The van der Waals surface area contributed by atoms with Gasteiger partial charge in [0.05, 0.1) is 0 Å². The molecule has 0 amide bonds. The van der Waals surface area contributed by atoms with Gasteiger partial charge in [0.2, 0.25) is 0 Å². The summed E-state index contributed by atoms with van der Waals surface area (Å²) in [6.45, 7) is 13.8. The summed E-state index contributed by atoms with van der Waals surface area (Å²) in [7, 11) is 0. The van der Waals surface area contributed by atoms with Crippen molar-refractivity contribution in [1.29, 1.82) is 0 Å². The number of ether oxygens (including phenoxy) is 3. The van der Waals surface area contributed by atoms with Crippen LogP contribution in [-0.4, -0.2) is 37.2 Å². The van der Waals surface area contributed by atoms with Gasteiger partial charge in [-0.15, -0.1) is 0 Å². The third kappa shape index (κ3) is 48.2. The molecule has 3 atom stereocenters. The summed E-state index contributed by atoms with van der Waals surface area (Å²) >= 11 is 0. The molecule has 6 heteroatoms. The van der Waals surface area contributed by atoms with Crippen molar-refractivity contribution in [1.82, 2.24) is 0 Å². The molecule has 0 N–H and O–H groups in total. The summed E-state index contributed by atoms with van der Waals surface area (Å²) in [5.41, 5.74) is 0. The van der Waals surface area contributed by atoms with Crippen LogP contribution in [0.1, 0.15) is 311 Å². The SMILES string of the molecule is CCC(C)CCCCCCCCCCCCCCCCCCCCC(=O)OC[C@@H](COC(=O)CCCCCCCCC(C)CC)OC(=O)CCCCCCCCCCCCC(C)C. The molecule has 0 aromatic heterocycles. The number of carbonyl (C=O) groups excluding carboxylic acids is 3. The average molecular weight is 892 g/mol. The fraction of sp³-hybridized carbons (Fsp3) is 0.947. The van der Waals surface area contributed by atoms with Crippen molar-refractivity contribution in [2.75, 3.05) is 13.2 Å². The molecule has 2 unspecified atom stereocenters. The molecule has 0 spiro atoms. The lowest BCUT2D eigenvalue weighted by Crippen LogP contribution is -2.30. The Bertz CT molecular complexity index is 980. The fourth-order valence-corrected chi connectivity index (χ4v) is 8.58. The van der Waals surface area contributed by atoms with Crippen molar-refractivity contribution in [2.24, 2.45) is 17.8 Å². The lowest BCUT2D eigenvalue weighted by Gasteiger charge is -2.18. The molecule has 0 bridgehead atoms. The minimum atomic E-state index is -0.764. The number of rotatable bonds is 50. The van der Waals surface area contributed by atoms with E-state index in [4.69, 9.17) is 14.2 Å². The van der Waals surface area contributed by atoms with E-state index >= 15 is 0 Å². The van der Waals surface area contributed by atoms with Gasteiger partial charge in [0.15, 0.2) is 6.10 Å². The van der Waals surface area contributed by atoms with Crippen molar-refractivity contribution >= 4 is 17.9 Å². The van der Waals surface area contributed by atoms with E-state index in [1.165, 1.54) is 193 Å². The number of carbonyl (C=O) groups is 3. The highest BCUT2D eigenvalue weighted by atomic mass is 16.6. The Hall–Kier alpha value is -1.59. The fourth-order valence-electron chi connectivity index (χ4n) is 8.58. The summed E-state index contributed by atoms with van der Waals surface area (Å²) in [5, 5.41) is 0. The van der Waals surface area contributed by atoms with E-state index in [-0.39, 0.29) is 31.1 Å². The minimum absolute atomic E-state index is 0.0648. The van der Waals surface area contributed by atoms with Crippen LogP contribution in [-0.2, 0) is 28.6 Å². The lowest BCUT2D eigenvalue weighted by molar-refractivity contribution is -0.167. The van der Waals surface area contributed by atoms with Gasteiger partial charge in [-0.3, -0.25) is 14.4 Å². The molecule has 374 valence electrons. The molecule has 0 heterocycles. The third-order valence-corrected chi connectivity index (χ3v) is 13.6. The summed E-state index contributed by atoms with van der Waals surface area (Å²) < 4.78 is 16.8. The van der Waals surface area contributed by atoms with Gasteiger partial charge in [-0.1, -0.05) is 273 Å². The maximum atomic E-state index is 12.8. The Labute approximate surface area is 393 Å². The highest BCUT2D eigenvalue weighted by Gasteiger charge is 2.19. The van der Waals surface area contributed by atoms with E-state index in [1.807, 2.05) is 0 Å². The average Bonchev–Trinajstić information content (AvgIpc) is 3.27. The van der Waals surface area contributed by atoms with Crippen LogP contribution in [0.25, 0.3) is 0 Å². The minimum Gasteiger partial charge on any atom is -0.462 e. The van der Waals surface area contributed by atoms with E-state index in [9.17, 15) is 14.4 Å². The monoisotopic (exact) mass is 891 g/mol. The molecule has 0 rings (SSSR count). The Balaban J connectivity index is 4.20. The quantitative estimate of drug-likeness (QED) is 0.0344. The molecule has 0 aliphatic rings. The Morgan fingerprint density at radius 2 is 0.556 bits per heavy atom. The number of unbranched alkanes of at least 4 members (excludes halogenated alkanes) is 31. The molecule has 0 aliphatic carbocycles. The predicted octanol–water partition coefficient (Wildman–Crippen LogP) is 18.3. The maximum absolute atomic E-state index is 12.8. The van der Waals surface area contributed by atoms with Gasteiger partial charge in [-0.05, 0) is 37.0 Å². The number of esters is 3. The van der Waals surface area contributed by atoms with Crippen LogP contribution in [0.5, 0.6) is 0 Å². The molecule has 6 nitrogen and oxygen atoms in total. The van der Waals surface area contributed by atoms with Gasteiger partial charge in [-0.2, -0.15) is 0 Å². The van der Waals surface area contributed by atoms with E-state index < -0.39 is 6.10 Å². The second-order valence-electron chi connectivity index (χ2n) is 20.5. The number of hydrogen-bond donors (Lipinski definition) is 0. The van der Waals surface area contributed by atoms with Crippen molar-refractivity contribution < 1.29 is 28.6 Å². The van der Waals surface area contributed by atoms with Gasteiger partial charge in [-0.25, -0.2) is 0 Å². The van der Waals surface area contributed by atoms with Crippen LogP contribution in [0.15, 0.2) is 0 Å². The lowest BCUT2D eigenvalue weighted by atomic mass is 9.99. The highest BCUT2D eigenvalue weighted by molar-refractivity contribution is 5.71. The molecule has 0 fully saturated rings. The van der Waals surface area contributed by atoms with E-state index in [2.05, 4.69) is 41.5 Å². The molecule has 63 heavy (non-hydrogen) atoms. The van der Waals surface area contributed by atoms with Gasteiger partial charge in [0, 0.05) is 19.3 Å². The molecule has 0 aromatic carbocycles. The molecule has 0 saturated heterocycles. The molecule has 0 radical (unpaired) electrons. The Morgan fingerprint density at radius 3 is 0.825 bits per heavy atom. The van der Waals surface area contributed by atoms with Gasteiger partial charge in [0.1, 0.15) is 13.2 Å². The van der Waals surface area contributed by atoms with Crippen LogP contribution in [0.4, 0.5) is 0 Å². The zero-order chi connectivity index (χ0) is 46.3. The maximum Gasteiger partial charge on any atom is 0.306 e. The standard InChI is InChI=1S/C57H110O6/c1-7-52(5)44-38-32-26-22-17-15-13-11-9-10-12-14-16-18-23-27-34-40-46-55(58)61-49-54(50-62-56(59)47-41-35-30-29-33-39-45-53(6)8-2)63-57(60)48-42-36-28-24-20-19-21-25-31-37-43-51(3)4/h51-54H,7-50H2,1-6H3/t52?,53?,54-/m0/s1. The summed E-state index contributed by atoms with van der Waals surface area (Å²) in [6, 6.07) is 0. The number of hydrogen-bond acceptors (Lipinski definition) is 6. The van der Waals surface area contributed by atoms with Crippen LogP contribution in [0, 0.1) is 17.8 Å². The van der Waals surface area contributed by atoms with E-state index in [0.717, 1.165) is 75.5 Å². The van der Waals surface area contributed by atoms with Crippen LogP contribution < -0.4 is 0 Å². The van der Waals surface area contributed by atoms with Gasteiger partial charge < -0.3 is 14.2 Å². The molecule has 0 saturated carbocycles. The first-order valence-corrected chi connectivity index (χ1v) is 28.2. The molecule has 0 aliphatic heterocycles. The van der Waals surface area contributed by atoms with Gasteiger partial charge in [0.25, 0.3) is 0 Å². The first-order valence-electron chi connectivity index (χ1n) is 28.2. The van der Waals surface area contributed by atoms with Crippen LogP contribution in [0.2, 0.25) is 0 Å². The first kappa shape index (κ1) is 61.4. The van der Waals surface area contributed by atoms with Crippen molar-refractivity contribution in [2.45, 2.75) is 317 Å². The highest BCUT2D eigenvalue weighted by Crippen LogP contribution is 2.19. The normalized spacial score (nSPS) is 13.0. The van der Waals surface area contributed by atoms with Crippen LogP contribution >= 0.6 is 0 Å². The topological polar surface area (TPSA) is 78.9 Å². The summed E-state index contributed by atoms with van der Waals surface area (Å²) in [5.74, 6) is 1.69.